The van der Waals surface area contributed by atoms with Gasteiger partial charge in [-0.1, -0.05) is 26.8 Å². The number of thiophene rings is 1. The van der Waals surface area contributed by atoms with Gasteiger partial charge in [0.05, 0.1) is 0 Å². The van der Waals surface area contributed by atoms with Gasteiger partial charge in [0.1, 0.15) is 0 Å². The molecule has 1 heterocycles. The molecule has 13 heavy (non-hydrogen) atoms. The summed E-state index contributed by atoms with van der Waals surface area (Å²) in [5.41, 5.74) is 6.12. The molecule has 1 aromatic heterocycles. The second kappa shape index (κ2) is 4.77. The van der Waals surface area contributed by atoms with E-state index in [0.29, 0.717) is 17.9 Å². The fourth-order valence-electron chi connectivity index (χ4n) is 1.34. The van der Waals surface area contributed by atoms with E-state index in [1.165, 1.54) is 4.88 Å². The summed E-state index contributed by atoms with van der Waals surface area (Å²) in [6.45, 7) is 6.71. The van der Waals surface area contributed by atoms with Crippen LogP contribution in [-0.2, 0) is 6.42 Å². The maximum absolute atomic E-state index is 6.12. The molecule has 0 aliphatic rings. The van der Waals surface area contributed by atoms with Crippen LogP contribution < -0.4 is 5.73 Å². The van der Waals surface area contributed by atoms with Crippen LogP contribution in [0.3, 0.4) is 0 Å². The molecule has 1 aromatic rings. The molecule has 1 rings (SSSR count). The van der Waals surface area contributed by atoms with Crippen LogP contribution in [0.1, 0.15) is 25.6 Å². The second-order valence-electron chi connectivity index (χ2n) is 4.05. The first-order valence-electron chi connectivity index (χ1n) is 4.89. The Hall–Kier alpha value is -0.340. The molecule has 2 heteroatoms. The van der Waals surface area contributed by atoms with Crippen molar-refractivity contribution in [1.29, 1.82) is 0 Å². The van der Waals surface area contributed by atoms with Gasteiger partial charge in [-0.3, -0.25) is 0 Å². The average Bonchev–Trinajstić information content (AvgIpc) is 2.55. The molecule has 2 unspecified atom stereocenters. The van der Waals surface area contributed by atoms with E-state index >= 15 is 0 Å². The molecule has 74 valence electrons. The first-order chi connectivity index (χ1) is 6.11. The molecule has 1 nitrogen and oxygen atoms in total. The number of hydrogen-bond acceptors (Lipinski definition) is 2. The molecular formula is C11H19NS. The summed E-state index contributed by atoms with van der Waals surface area (Å²) in [5.74, 6) is 1.28. The average molecular weight is 197 g/mol. The highest BCUT2D eigenvalue weighted by molar-refractivity contribution is 7.09. The predicted molar refractivity (Wildman–Crippen MR) is 60.0 cm³/mol. The summed E-state index contributed by atoms with van der Waals surface area (Å²) in [7, 11) is 0. The topological polar surface area (TPSA) is 26.0 Å². The zero-order valence-electron chi connectivity index (χ0n) is 8.66. The van der Waals surface area contributed by atoms with E-state index < -0.39 is 0 Å². The third-order valence-corrected chi connectivity index (χ3v) is 3.64. The van der Waals surface area contributed by atoms with Gasteiger partial charge in [-0.2, -0.15) is 0 Å². The Kier molecular flexibility index (Phi) is 3.94. The van der Waals surface area contributed by atoms with E-state index in [9.17, 15) is 0 Å². The molecule has 0 aromatic carbocycles. The second-order valence-corrected chi connectivity index (χ2v) is 5.08. The number of nitrogens with two attached hydrogens (primary N) is 1. The molecule has 0 fully saturated rings. The Bertz CT molecular complexity index is 228. The summed E-state index contributed by atoms with van der Waals surface area (Å²) in [4.78, 5) is 1.40. The highest BCUT2D eigenvalue weighted by atomic mass is 32.1. The highest BCUT2D eigenvalue weighted by Crippen LogP contribution is 2.18. The maximum atomic E-state index is 6.12. The van der Waals surface area contributed by atoms with Crippen molar-refractivity contribution in [3.8, 4) is 0 Å². The normalized spacial score (nSPS) is 16.1. The zero-order valence-corrected chi connectivity index (χ0v) is 9.47. The van der Waals surface area contributed by atoms with Crippen molar-refractivity contribution in [2.75, 3.05) is 0 Å². The number of rotatable bonds is 4. The van der Waals surface area contributed by atoms with Crippen LogP contribution in [0.25, 0.3) is 0 Å². The molecule has 0 amide bonds. The lowest BCUT2D eigenvalue weighted by Crippen LogP contribution is -2.33. The first kappa shape index (κ1) is 10.7. The van der Waals surface area contributed by atoms with Crippen LogP contribution in [0.2, 0.25) is 0 Å². The van der Waals surface area contributed by atoms with Gasteiger partial charge >= 0.3 is 0 Å². The Morgan fingerprint density at radius 2 is 2.08 bits per heavy atom. The SMILES string of the molecule is CC(C)C(C)C(N)Cc1cccs1. The molecule has 0 aliphatic heterocycles. The number of hydrogen-bond donors (Lipinski definition) is 1. The highest BCUT2D eigenvalue weighted by Gasteiger charge is 2.16. The summed E-state index contributed by atoms with van der Waals surface area (Å²) in [5, 5.41) is 2.11. The third kappa shape index (κ3) is 3.12. The quantitative estimate of drug-likeness (QED) is 0.789. The fraction of sp³-hybridized carbons (Fsp3) is 0.636. The molecule has 2 atom stereocenters. The van der Waals surface area contributed by atoms with Crippen molar-refractivity contribution in [2.45, 2.75) is 33.2 Å². The molecule has 0 radical (unpaired) electrons. The Morgan fingerprint density at radius 1 is 1.38 bits per heavy atom. The minimum atomic E-state index is 0.304. The van der Waals surface area contributed by atoms with Crippen molar-refractivity contribution < 1.29 is 0 Å². The smallest absolute Gasteiger partial charge is 0.0115 e. The zero-order chi connectivity index (χ0) is 9.84. The lowest BCUT2D eigenvalue weighted by Gasteiger charge is -2.22. The largest absolute Gasteiger partial charge is 0.327 e. The third-order valence-electron chi connectivity index (χ3n) is 2.74. The van der Waals surface area contributed by atoms with Crippen molar-refractivity contribution >= 4 is 11.3 Å². The standard InChI is InChI=1S/C11H19NS/c1-8(2)9(3)11(12)7-10-5-4-6-13-10/h4-6,8-9,11H,7,12H2,1-3H3. The van der Waals surface area contributed by atoms with Gasteiger partial charge in [0.25, 0.3) is 0 Å². The van der Waals surface area contributed by atoms with E-state index in [0.717, 1.165) is 6.42 Å². The van der Waals surface area contributed by atoms with Crippen LogP contribution in [0.4, 0.5) is 0 Å². The van der Waals surface area contributed by atoms with Crippen molar-refractivity contribution in [1.82, 2.24) is 0 Å². The summed E-state index contributed by atoms with van der Waals surface area (Å²) >= 11 is 1.80. The molecule has 0 aliphatic carbocycles. The molecular weight excluding hydrogens is 178 g/mol. The van der Waals surface area contributed by atoms with Gasteiger partial charge in [0.2, 0.25) is 0 Å². The lowest BCUT2D eigenvalue weighted by molar-refractivity contribution is 0.345. The lowest BCUT2D eigenvalue weighted by atomic mass is 9.89. The van der Waals surface area contributed by atoms with Crippen LogP contribution in [0, 0.1) is 11.8 Å². The van der Waals surface area contributed by atoms with E-state index in [1.807, 2.05) is 0 Å². The van der Waals surface area contributed by atoms with E-state index in [2.05, 4.69) is 38.3 Å². The minimum Gasteiger partial charge on any atom is -0.327 e. The van der Waals surface area contributed by atoms with E-state index in [4.69, 9.17) is 5.73 Å². The summed E-state index contributed by atoms with van der Waals surface area (Å²) in [6.07, 6.45) is 1.02. The Balaban J connectivity index is 2.45. The van der Waals surface area contributed by atoms with Crippen molar-refractivity contribution in [3.05, 3.63) is 22.4 Å². The molecule has 0 saturated heterocycles. The summed E-state index contributed by atoms with van der Waals surface area (Å²) < 4.78 is 0. The van der Waals surface area contributed by atoms with Crippen molar-refractivity contribution in [3.63, 3.8) is 0 Å². The summed E-state index contributed by atoms with van der Waals surface area (Å²) in [6, 6.07) is 4.56. The van der Waals surface area contributed by atoms with Crippen LogP contribution in [0.15, 0.2) is 17.5 Å². The van der Waals surface area contributed by atoms with Gasteiger partial charge in [-0.05, 0) is 29.7 Å². The maximum Gasteiger partial charge on any atom is 0.0115 e. The van der Waals surface area contributed by atoms with Crippen LogP contribution in [-0.4, -0.2) is 6.04 Å². The Labute approximate surface area is 85.0 Å². The van der Waals surface area contributed by atoms with Gasteiger partial charge in [0, 0.05) is 10.9 Å². The molecule has 2 N–H and O–H groups in total. The van der Waals surface area contributed by atoms with Gasteiger partial charge in [0.15, 0.2) is 0 Å². The van der Waals surface area contributed by atoms with Crippen LogP contribution in [0.5, 0.6) is 0 Å². The van der Waals surface area contributed by atoms with Gasteiger partial charge in [-0.25, -0.2) is 0 Å². The van der Waals surface area contributed by atoms with Crippen LogP contribution >= 0.6 is 11.3 Å². The van der Waals surface area contributed by atoms with E-state index in [1.54, 1.807) is 11.3 Å². The Morgan fingerprint density at radius 3 is 2.54 bits per heavy atom. The predicted octanol–water partition coefficient (Wildman–Crippen LogP) is 2.91. The van der Waals surface area contributed by atoms with E-state index in [-0.39, 0.29) is 0 Å². The van der Waals surface area contributed by atoms with Crippen molar-refractivity contribution in [2.24, 2.45) is 17.6 Å². The molecule has 0 spiro atoms. The van der Waals surface area contributed by atoms with Gasteiger partial charge in [-0.15, -0.1) is 11.3 Å². The monoisotopic (exact) mass is 197 g/mol. The fourth-order valence-corrected chi connectivity index (χ4v) is 2.12. The first-order valence-corrected chi connectivity index (χ1v) is 5.77. The minimum absolute atomic E-state index is 0.304. The molecule has 0 saturated carbocycles. The van der Waals surface area contributed by atoms with Gasteiger partial charge < -0.3 is 5.73 Å². The molecule has 0 bridgehead atoms.